The molecule has 0 aromatic heterocycles. The third kappa shape index (κ3) is 5.44. The van der Waals surface area contributed by atoms with Gasteiger partial charge in [0, 0.05) is 29.0 Å². The number of nitrogens with one attached hydrogen (secondary N) is 2. The summed E-state index contributed by atoms with van der Waals surface area (Å²) in [5.74, 6) is -0.345. The van der Waals surface area contributed by atoms with Gasteiger partial charge in [0.25, 0.3) is 0 Å². The molecule has 0 aliphatic carbocycles. The van der Waals surface area contributed by atoms with Crippen molar-refractivity contribution >= 4 is 45.0 Å². The number of rotatable bonds is 5. The SMILES string of the molecule is CC(=O)N/C(=C(/C)C(NC(C)=O)c1ccc(Cl)cc1)c1ccc(Br)cc1. The zero-order valence-corrected chi connectivity index (χ0v) is 17.1. The van der Waals surface area contributed by atoms with Crippen molar-refractivity contribution in [3.63, 3.8) is 0 Å². The quantitative estimate of drug-likeness (QED) is 0.705. The van der Waals surface area contributed by atoms with Crippen molar-refractivity contribution < 1.29 is 9.59 Å². The monoisotopic (exact) mass is 434 g/mol. The van der Waals surface area contributed by atoms with Gasteiger partial charge in [-0.1, -0.05) is 51.8 Å². The Bertz CT molecular complexity index is 830. The molecule has 0 aliphatic heterocycles. The van der Waals surface area contributed by atoms with E-state index in [1.54, 1.807) is 12.1 Å². The number of carbonyl (C=O) groups excluding carboxylic acids is 2. The lowest BCUT2D eigenvalue weighted by Gasteiger charge is -2.23. The van der Waals surface area contributed by atoms with Crippen LogP contribution in [0.2, 0.25) is 5.02 Å². The fourth-order valence-corrected chi connectivity index (χ4v) is 3.03. The summed E-state index contributed by atoms with van der Waals surface area (Å²) < 4.78 is 0.942. The van der Waals surface area contributed by atoms with Gasteiger partial charge in [0.05, 0.1) is 6.04 Å². The Morgan fingerprint density at radius 1 is 0.923 bits per heavy atom. The van der Waals surface area contributed by atoms with Crippen LogP contribution in [0.1, 0.15) is 37.9 Å². The Morgan fingerprint density at radius 2 is 1.50 bits per heavy atom. The summed E-state index contributed by atoms with van der Waals surface area (Å²) in [5.41, 5.74) is 3.21. The highest BCUT2D eigenvalue weighted by Crippen LogP contribution is 2.29. The summed E-state index contributed by atoms with van der Waals surface area (Å²) in [7, 11) is 0. The first-order valence-electron chi connectivity index (χ1n) is 8.04. The molecule has 0 aliphatic rings. The molecular formula is C20H20BrClN2O2. The van der Waals surface area contributed by atoms with Gasteiger partial charge in [0.15, 0.2) is 0 Å². The van der Waals surface area contributed by atoms with E-state index in [1.807, 2.05) is 43.3 Å². The van der Waals surface area contributed by atoms with E-state index in [0.29, 0.717) is 10.7 Å². The largest absolute Gasteiger partial charge is 0.346 e. The molecule has 26 heavy (non-hydrogen) atoms. The van der Waals surface area contributed by atoms with Gasteiger partial charge < -0.3 is 10.6 Å². The molecule has 2 N–H and O–H groups in total. The number of halogens is 2. The van der Waals surface area contributed by atoms with Crippen molar-refractivity contribution in [1.29, 1.82) is 0 Å². The van der Waals surface area contributed by atoms with Crippen LogP contribution in [-0.2, 0) is 9.59 Å². The second kappa shape index (κ2) is 9.01. The first-order chi connectivity index (χ1) is 12.3. The minimum atomic E-state index is -0.393. The predicted octanol–water partition coefficient (Wildman–Crippen LogP) is 4.85. The van der Waals surface area contributed by atoms with Gasteiger partial charge in [-0.15, -0.1) is 0 Å². The summed E-state index contributed by atoms with van der Waals surface area (Å²) in [6.07, 6.45) is 0. The lowest BCUT2D eigenvalue weighted by Crippen LogP contribution is -2.29. The van der Waals surface area contributed by atoms with Crippen LogP contribution in [0.25, 0.3) is 5.70 Å². The van der Waals surface area contributed by atoms with E-state index in [9.17, 15) is 9.59 Å². The summed E-state index contributed by atoms with van der Waals surface area (Å²) in [6.45, 7) is 4.82. The van der Waals surface area contributed by atoms with E-state index >= 15 is 0 Å². The van der Waals surface area contributed by atoms with Crippen LogP contribution in [-0.4, -0.2) is 11.8 Å². The zero-order valence-electron chi connectivity index (χ0n) is 14.8. The third-order valence-electron chi connectivity index (χ3n) is 3.81. The minimum Gasteiger partial charge on any atom is -0.346 e. The van der Waals surface area contributed by atoms with Gasteiger partial charge in [0.2, 0.25) is 11.8 Å². The van der Waals surface area contributed by atoms with Crippen molar-refractivity contribution in [2.75, 3.05) is 0 Å². The predicted molar refractivity (Wildman–Crippen MR) is 109 cm³/mol. The van der Waals surface area contributed by atoms with Crippen molar-refractivity contribution in [3.05, 3.63) is 74.7 Å². The molecule has 0 heterocycles. The molecule has 0 bridgehead atoms. The molecular weight excluding hydrogens is 416 g/mol. The Hall–Kier alpha value is -2.11. The van der Waals surface area contributed by atoms with E-state index in [0.717, 1.165) is 21.2 Å². The molecule has 0 fully saturated rings. The molecule has 6 heteroatoms. The molecule has 2 aromatic carbocycles. The second-order valence-corrected chi connectivity index (χ2v) is 7.28. The molecule has 0 saturated carbocycles. The first-order valence-corrected chi connectivity index (χ1v) is 9.22. The molecule has 4 nitrogen and oxygen atoms in total. The average molecular weight is 436 g/mol. The standard InChI is InChI=1S/C20H20BrClN2O2/c1-12(19(23-13(2)25)15-4-8-17(21)9-5-15)20(24-14(3)26)16-6-10-18(22)11-7-16/h4-11,20H,1-3H3,(H,23,25)(H,24,26)/b19-12-. The Morgan fingerprint density at radius 3 is 2.00 bits per heavy atom. The molecule has 0 saturated heterocycles. The minimum absolute atomic E-state index is 0.165. The fourth-order valence-electron chi connectivity index (χ4n) is 2.64. The molecule has 2 rings (SSSR count). The summed E-state index contributed by atoms with van der Waals surface area (Å²) in [5, 5.41) is 6.47. The molecule has 2 aromatic rings. The summed E-state index contributed by atoms with van der Waals surface area (Å²) >= 11 is 9.40. The highest BCUT2D eigenvalue weighted by Gasteiger charge is 2.20. The molecule has 1 atom stereocenters. The van der Waals surface area contributed by atoms with E-state index in [1.165, 1.54) is 13.8 Å². The molecule has 1 unspecified atom stereocenters. The van der Waals surface area contributed by atoms with Crippen LogP contribution >= 0.6 is 27.5 Å². The Balaban J connectivity index is 2.58. The summed E-state index contributed by atoms with van der Waals surface area (Å²) in [6, 6.07) is 14.5. The average Bonchev–Trinajstić information content (AvgIpc) is 2.58. The van der Waals surface area contributed by atoms with Crippen LogP contribution in [0.15, 0.2) is 58.6 Å². The zero-order chi connectivity index (χ0) is 19.3. The first kappa shape index (κ1) is 20.2. The number of benzene rings is 2. The third-order valence-corrected chi connectivity index (χ3v) is 4.59. The number of hydrogen-bond donors (Lipinski definition) is 2. The maximum absolute atomic E-state index is 11.8. The van der Waals surface area contributed by atoms with Crippen LogP contribution in [0.4, 0.5) is 0 Å². The van der Waals surface area contributed by atoms with Crippen LogP contribution in [0.3, 0.4) is 0 Å². The van der Waals surface area contributed by atoms with Crippen molar-refractivity contribution in [1.82, 2.24) is 10.6 Å². The number of hydrogen-bond acceptors (Lipinski definition) is 2. The summed E-state index contributed by atoms with van der Waals surface area (Å²) in [4.78, 5) is 23.5. The lowest BCUT2D eigenvalue weighted by atomic mass is 9.95. The van der Waals surface area contributed by atoms with E-state index in [-0.39, 0.29) is 11.8 Å². The van der Waals surface area contributed by atoms with Crippen molar-refractivity contribution in [2.24, 2.45) is 0 Å². The van der Waals surface area contributed by atoms with E-state index in [4.69, 9.17) is 11.6 Å². The highest BCUT2D eigenvalue weighted by molar-refractivity contribution is 9.10. The van der Waals surface area contributed by atoms with Gasteiger partial charge >= 0.3 is 0 Å². The van der Waals surface area contributed by atoms with Gasteiger partial charge in [-0.25, -0.2) is 0 Å². The maximum atomic E-state index is 11.8. The van der Waals surface area contributed by atoms with Crippen molar-refractivity contribution in [2.45, 2.75) is 26.8 Å². The van der Waals surface area contributed by atoms with Crippen LogP contribution in [0, 0.1) is 0 Å². The van der Waals surface area contributed by atoms with Gasteiger partial charge in [0.1, 0.15) is 0 Å². The van der Waals surface area contributed by atoms with Gasteiger partial charge in [-0.3, -0.25) is 9.59 Å². The molecule has 136 valence electrons. The van der Waals surface area contributed by atoms with E-state index < -0.39 is 6.04 Å². The smallest absolute Gasteiger partial charge is 0.221 e. The maximum Gasteiger partial charge on any atom is 0.221 e. The molecule has 2 amide bonds. The van der Waals surface area contributed by atoms with Crippen LogP contribution in [0.5, 0.6) is 0 Å². The molecule has 0 radical (unpaired) electrons. The fraction of sp³-hybridized carbons (Fsp3) is 0.200. The van der Waals surface area contributed by atoms with Crippen molar-refractivity contribution in [3.8, 4) is 0 Å². The second-order valence-electron chi connectivity index (χ2n) is 5.93. The Kier molecular flexibility index (Phi) is 7.00. The topological polar surface area (TPSA) is 58.2 Å². The normalized spacial score (nSPS) is 12.8. The van der Waals surface area contributed by atoms with E-state index in [2.05, 4.69) is 26.6 Å². The lowest BCUT2D eigenvalue weighted by molar-refractivity contribution is -0.119. The van der Waals surface area contributed by atoms with Crippen LogP contribution < -0.4 is 10.6 Å². The van der Waals surface area contributed by atoms with Gasteiger partial charge in [-0.2, -0.15) is 0 Å². The Labute approximate surface area is 166 Å². The number of carbonyl (C=O) groups is 2. The highest BCUT2D eigenvalue weighted by atomic mass is 79.9. The number of amides is 2. The van der Waals surface area contributed by atoms with Gasteiger partial charge in [-0.05, 0) is 47.9 Å². The molecule has 0 spiro atoms.